The zero-order valence-corrected chi connectivity index (χ0v) is 13.5. The maximum atomic E-state index is 13.7. The lowest BCUT2D eigenvalue weighted by molar-refractivity contribution is 0.102. The summed E-state index contributed by atoms with van der Waals surface area (Å²) in [5, 5.41) is 2.51. The molecule has 0 fully saturated rings. The molecule has 3 nitrogen and oxygen atoms in total. The number of carbonyl (C=O) groups is 1. The molecular weight excluding hydrogens is 343 g/mol. The Kier molecular flexibility index (Phi) is 5.22. The van der Waals surface area contributed by atoms with Gasteiger partial charge in [0.1, 0.15) is 18.2 Å². The summed E-state index contributed by atoms with van der Waals surface area (Å²) in [6.07, 6.45) is 0. The third kappa shape index (κ3) is 4.22. The highest BCUT2D eigenvalue weighted by Gasteiger charge is 2.15. The number of carbonyl (C=O) groups excluding carboxylic acids is 1. The van der Waals surface area contributed by atoms with Crippen LogP contribution in [0.5, 0.6) is 5.75 Å². The molecule has 0 saturated carbocycles. The van der Waals surface area contributed by atoms with Gasteiger partial charge in [-0.05, 0) is 42.0 Å². The van der Waals surface area contributed by atoms with E-state index < -0.39 is 23.4 Å². The van der Waals surface area contributed by atoms with Crippen molar-refractivity contribution < 1.29 is 22.7 Å². The van der Waals surface area contributed by atoms with Crippen LogP contribution in [0.4, 0.5) is 18.9 Å². The van der Waals surface area contributed by atoms with Gasteiger partial charge >= 0.3 is 0 Å². The third-order valence-electron chi connectivity index (χ3n) is 3.58. The number of benzene rings is 3. The van der Waals surface area contributed by atoms with Gasteiger partial charge in [-0.2, -0.15) is 0 Å². The van der Waals surface area contributed by atoms with Crippen molar-refractivity contribution >= 4 is 11.6 Å². The Morgan fingerprint density at radius 3 is 2.50 bits per heavy atom. The standard InChI is InChI=1S/C20H14F3NO2/c21-14-5-2-7-16(11-14)26-12-13-4-1-6-15(10-13)24-20(25)17-8-3-9-18(22)19(17)23/h1-11H,12H2,(H,24,25). The fourth-order valence-corrected chi connectivity index (χ4v) is 2.34. The Balaban J connectivity index is 1.69. The Bertz CT molecular complexity index is 944. The second-order valence-electron chi connectivity index (χ2n) is 5.50. The van der Waals surface area contributed by atoms with Gasteiger partial charge in [-0.1, -0.05) is 24.3 Å². The summed E-state index contributed by atoms with van der Waals surface area (Å²) < 4.78 is 45.6. The van der Waals surface area contributed by atoms with Crippen molar-refractivity contribution in [3.63, 3.8) is 0 Å². The predicted octanol–water partition coefficient (Wildman–Crippen LogP) is 4.94. The number of halogens is 3. The molecule has 1 amide bonds. The van der Waals surface area contributed by atoms with Gasteiger partial charge in [-0.3, -0.25) is 4.79 Å². The number of hydrogen-bond acceptors (Lipinski definition) is 2. The molecule has 0 saturated heterocycles. The van der Waals surface area contributed by atoms with E-state index in [1.54, 1.807) is 30.3 Å². The van der Waals surface area contributed by atoms with E-state index in [0.717, 1.165) is 6.07 Å². The van der Waals surface area contributed by atoms with Gasteiger partial charge in [0.2, 0.25) is 0 Å². The van der Waals surface area contributed by atoms with E-state index in [1.807, 2.05) is 0 Å². The normalized spacial score (nSPS) is 10.4. The average Bonchev–Trinajstić information content (AvgIpc) is 2.62. The highest BCUT2D eigenvalue weighted by atomic mass is 19.2. The molecule has 26 heavy (non-hydrogen) atoms. The van der Waals surface area contributed by atoms with Crippen molar-refractivity contribution in [1.82, 2.24) is 0 Å². The Morgan fingerprint density at radius 1 is 0.923 bits per heavy atom. The summed E-state index contributed by atoms with van der Waals surface area (Å²) in [7, 11) is 0. The van der Waals surface area contributed by atoms with Gasteiger partial charge in [-0.15, -0.1) is 0 Å². The summed E-state index contributed by atoms with van der Waals surface area (Å²) in [4.78, 5) is 12.1. The molecule has 0 spiro atoms. The van der Waals surface area contributed by atoms with Crippen LogP contribution in [0.3, 0.4) is 0 Å². The Hall–Kier alpha value is -3.28. The minimum atomic E-state index is -1.20. The first-order valence-electron chi connectivity index (χ1n) is 7.75. The molecule has 3 aromatic carbocycles. The molecule has 3 rings (SSSR count). The van der Waals surface area contributed by atoms with Crippen LogP contribution >= 0.6 is 0 Å². The van der Waals surface area contributed by atoms with Crippen LogP contribution in [-0.4, -0.2) is 5.91 Å². The fourth-order valence-electron chi connectivity index (χ4n) is 2.34. The van der Waals surface area contributed by atoms with Gasteiger partial charge in [0, 0.05) is 11.8 Å². The zero-order valence-electron chi connectivity index (χ0n) is 13.5. The van der Waals surface area contributed by atoms with Crippen molar-refractivity contribution in [3.8, 4) is 5.75 Å². The van der Waals surface area contributed by atoms with E-state index in [2.05, 4.69) is 5.32 Å². The number of amides is 1. The summed E-state index contributed by atoms with van der Waals surface area (Å²) in [5.74, 6) is -3.07. The third-order valence-corrected chi connectivity index (χ3v) is 3.58. The molecular formula is C20H14F3NO2. The van der Waals surface area contributed by atoms with Gasteiger partial charge in [-0.25, -0.2) is 13.2 Å². The maximum absolute atomic E-state index is 13.7. The van der Waals surface area contributed by atoms with Gasteiger partial charge in [0.15, 0.2) is 11.6 Å². The minimum Gasteiger partial charge on any atom is -0.489 e. The topological polar surface area (TPSA) is 38.3 Å². The molecule has 0 heterocycles. The fraction of sp³-hybridized carbons (Fsp3) is 0.0500. The summed E-state index contributed by atoms with van der Waals surface area (Å²) in [6.45, 7) is 0.154. The summed E-state index contributed by atoms with van der Waals surface area (Å²) in [6, 6.07) is 15.8. The molecule has 0 atom stereocenters. The van der Waals surface area contributed by atoms with E-state index in [4.69, 9.17) is 4.74 Å². The van der Waals surface area contributed by atoms with Crippen LogP contribution in [0.15, 0.2) is 66.7 Å². The molecule has 0 radical (unpaired) electrons. The molecule has 0 aliphatic carbocycles. The molecule has 0 unspecified atom stereocenters. The van der Waals surface area contributed by atoms with Gasteiger partial charge in [0.25, 0.3) is 5.91 Å². The number of hydrogen-bond donors (Lipinski definition) is 1. The smallest absolute Gasteiger partial charge is 0.258 e. The molecule has 0 bridgehead atoms. The van der Waals surface area contributed by atoms with Gasteiger partial charge < -0.3 is 10.1 Å². The van der Waals surface area contributed by atoms with Crippen molar-refractivity contribution in [2.75, 3.05) is 5.32 Å². The zero-order chi connectivity index (χ0) is 18.5. The number of anilines is 1. The minimum absolute atomic E-state index is 0.154. The Morgan fingerprint density at radius 2 is 1.69 bits per heavy atom. The lowest BCUT2D eigenvalue weighted by Crippen LogP contribution is -2.14. The second-order valence-corrected chi connectivity index (χ2v) is 5.50. The molecule has 3 aromatic rings. The lowest BCUT2D eigenvalue weighted by Gasteiger charge is -2.10. The first kappa shape index (κ1) is 17.5. The number of rotatable bonds is 5. The highest BCUT2D eigenvalue weighted by molar-refractivity contribution is 6.04. The average molecular weight is 357 g/mol. The molecule has 6 heteroatoms. The van der Waals surface area contributed by atoms with Crippen molar-refractivity contribution in [2.24, 2.45) is 0 Å². The molecule has 0 aliphatic heterocycles. The molecule has 1 N–H and O–H groups in total. The van der Waals surface area contributed by atoms with E-state index in [0.29, 0.717) is 17.0 Å². The largest absolute Gasteiger partial charge is 0.489 e. The van der Waals surface area contributed by atoms with Crippen LogP contribution in [0.1, 0.15) is 15.9 Å². The maximum Gasteiger partial charge on any atom is 0.258 e. The van der Waals surface area contributed by atoms with Crippen LogP contribution in [0.2, 0.25) is 0 Å². The van der Waals surface area contributed by atoms with Crippen molar-refractivity contribution in [3.05, 3.63) is 95.3 Å². The highest BCUT2D eigenvalue weighted by Crippen LogP contribution is 2.18. The lowest BCUT2D eigenvalue weighted by atomic mass is 10.1. The van der Waals surface area contributed by atoms with E-state index in [1.165, 1.54) is 30.3 Å². The monoisotopic (exact) mass is 357 g/mol. The van der Waals surface area contributed by atoms with E-state index in [9.17, 15) is 18.0 Å². The molecule has 132 valence electrons. The van der Waals surface area contributed by atoms with Gasteiger partial charge in [0.05, 0.1) is 5.56 Å². The SMILES string of the molecule is O=C(Nc1cccc(COc2cccc(F)c2)c1)c1cccc(F)c1F. The quantitative estimate of drug-likeness (QED) is 0.703. The van der Waals surface area contributed by atoms with Crippen LogP contribution < -0.4 is 10.1 Å². The first-order chi connectivity index (χ1) is 12.5. The summed E-state index contributed by atoms with van der Waals surface area (Å²) in [5.41, 5.74) is 0.734. The Labute approximate surface area is 148 Å². The molecule has 0 aromatic heterocycles. The molecule has 0 aliphatic rings. The van der Waals surface area contributed by atoms with Crippen LogP contribution in [0, 0.1) is 17.5 Å². The van der Waals surface area contributed by atoms with Crippen LogP contribution in [0.25, 0.3) is 0 Å². The first-order valence-corrected chi connectivity index (χ1v) is 7.75. The second kappa shape index (κ2) is 7.74. The number of nitrogens with one attached hydrogen (secondary N) is 1. The van der Waals surface area contributed by atoms with Crippen molar-refractivity contribution in [2.45, 2.75) is 6.61 Å². The van der Waals surface area contributed by atoms with Crippen molar-refractivity contribution in [1.29, 1.82) is 0 Å². The predicted molar refractivity (Wildman–Crippen MR) is 91.5 cm³/mol. The van der Waals surface area contributed by atoms with E-state index >= 15 is 0 Å². The van der Waals surface area contributed by atoms with E-state index in [-0.39, 0.29) is 12.2 Å². The number of ether oxygens (including phenoxy) is 1. The van der Waals surface area contributed by atoms with Crippen LogP contribution in [-0.2, 0) is 6.61 Å². The summed E-state index contributed by atoms with van der Waals surface area (Å²) >= 11 is 0.